The van der Waals surface area contributed by atoms with Crippen molar-refractivity contribution < 1.29 is 18.3 Å². The highest BCUT2D eigenvalue weighted by Gasteiger charge is 2.22. The van der Waals surface area contributed by atoms with Crippen LogP contribution in [0.5, 0.6) is 0 Å². The third kappa shape index (κ3) is 2.78. The molecule has 1 N–H and O–H groups in total. The molecule has 0 amide bonds. The summed E-state index contributed by atoms with van der Waals surface area (Å²) >= 11 is 0. The Balaban J connectivity index is 2.35. The molecule has 1 unspecified atom stereocenters. The quantitative estimate of drug-likeness (QED) is 0.927. The maximum Gasteiger partial charge on any atom is 0.135 e. The molecule has 0 fully saturated rings. The molecule has 0 saturated heterocycles. The molecule has 1 aromatic carbocycles. The summed E-state index contributed by atoms with van der Waals surface area (Å²) in [6, 6.07) is 1.08. The van der Waals surface area contributed by atoms with Crippen LogP contribution in [0.2, 0.25) is 0 Å². The fraction of sp³-hybridized carbons (Fsp3) is 0.308. The Morgan fingerprint density at radius 2 is 1.89 bits per heavy atom. The van der Waals surface area contributed by atoms with E-state index in [-0.39, 0.29) is 5.56 Å². The first-order valence-electron chi connectivity index (χ1n) is 5.87. The Morgan fingerprint density at radius 1 is 1.26 bits per heavy atom. The van der Waals surface area contributed by atoms with Crippen LogP contribution < -0.4 is 0 Å². The molecule has 0 saturated carbocycles. The number of aliphatic hydroxyl groups excluding tert-OH is 1. The number of aryl methyl sites for hydroxylation is 1. The third-order valence-corrected chi connectivity index (χ3v) is 2.74. The lowest BCUT2D eigenvalue weighted by atomic mass is 10.0. The smallest absolute Gasteiger partial charge is 0.135 e. The summed E-state index contributed by atoms with van der Waals surface area (Å²) in [5.74, 6) is -3.26. The van der Waals surface area contributed by atoms with E-state index in [1.165, 1.54) is 12.4 Å². The molecule has 0 spiro atoms. The maximum absolute atomic E-state index is 13.5. The van der Waals surface area contributed by atoms with Crippen molar-refractivity contribution in [1.29, 1.82) is 0 Å². The molecule has 0 aliphatic heterocycles. The summed E-state index contributed by atoms with van der Waals surface area (Å²) in [6.45, 7) is 2.60. The van der Waals surface area contributed by atoms with Gasteiger partial charge in [-0.2, -0.15) is 5.10 Å². The summed E-state index contributed by atoms with van der Waals surface area (Å²) in [5.41, 5.74) is -0.310. The highest BCUT2D eigenvalue weighted by Crippen LogP contribution is 2.27. The van der Waals surface area contributed by atoms with Crippen LogP contribution in [0.3, 0.4) is 0 Å². The summed E-state index contributed by atoms with van der Waals surface area (Å²) in [7, 11) is 0. The van der Waals surface area contributed by atoms with Crippen LogP contribution in [-0.2, 0) is 6.54 Å². The molecule has 0 radical (unpaired) electrons. The van der Waals surface area contributed by atoms with Crippen LogP contribution >= 0.6 is 0 Å². The summed E-state index contributed by atoms with van der Waals surface area (Å²) < 4.78 is 41.4. The number of rotatable bonds is 4. The second-order valence-electron chi connectivity index (χ2n) is 4.22. The Hall–Kier alpha value is -1.82. The third-order valence-electron chi connectivity index (χ3n) is 2.74. The van der Waals surface area contributed by atoms with E-state index < -0.39 is 29.1 Å². The topological polar surface area (TPSA) is 38.0 Å². The monoisotopic (exact) mass is 270 g/mol. The van der Waals surface area contributed by atoms with Gasteiger partial charge in [-0.05, 0) is 6.42 Å². The molecular weight excluding hydrogens is 257 g/mol. The van der Waals surface area contributed by atoms with Gasteiger partial charge in [-0.15, -0.1) is 0 Å². The van der Waals surface area contributed by atoms with Gasteiger partial charge in [-0.25, -0.2) is 13.2 Å². The minimum absolute atomic E-state index is 0.262. The van der Waals surface area contributed by atoms with E-state index >= 15 is 0 Å². The first-order valence-corrected chi connectivity index (χ1v) is 5.87. The highest BCUT2D eigenvalue weighted by molar-refractivity contribution is 5.30. The maximum atomic E-state index is 13.5. The zero-order valence-corrected chi connectivity index (χ0v) is 10.3. The van der Waals surface area contributed by atoms with Crippen LogP contribution in [0.25, 0.3) is 0 Å². The predicted octanol–water partition coefficient (Wildman–Crippen LogP) is 2.79. The van der Waals surface area contributed by atoms with E-state index in [0.29, 0.717) is 18.7 Å². The molecule has 102 valence electrons. The first-order chi connectivity index (χ1) is 9.02. The van der Waals surface area contributed by atoms with Crippen LogP contribution in [0.1, 0.15) is 30.6 Å². The standard InChI is InChI=1S/C13H13F3N2O/c1-2-3-18-7-8(6-17-18)13(19)12-10(15)4-9(14)5-11(12)16/h4-7,13,19H,2-3H2,1H3. The van der Waals surface area contributed by atoms with Gasteiger partial charge in [-0.1, -0.05) is 6.92 Å². The lowest BCUT2D eigenvalue weighted by Crippen LogP contribution is -2.06. The number of aromatic nitrogens is 2. The van der Waals surface area contributed by atoms with Crippen LogP contribution in [0.15, 0.2) is 24.5 Å². The first kappa shape index (κ1) is 13.6. The fourth-order valence-corrected chi connectivity index (χ4v) is 1.85. The molecule has 19 heavy (non-hydrogen) atoms. The van der Waals surface area contributed by atoms with Crippen molar-refractivity contribution in [1.82, 2.24) is 9.78 Å². The molecule has 2 aromatic rings. The molecule has 1 atom stereocenters. The largest absolute Gasteiger partial charge is 0.383 e. The summed E-state index contributed by atoms with van der Waals surface area (Å²) in [6.07, 6.45) is 2.18. The fourth-order valence-electron chi connectivity index (χ4n) is 1.85. The molecule has 0 aliphatic carbocycles. The molecule has 6 heteroatoms. The van der Waals surface area contributed by atoms with E-state index in [9.17, 15) is 18.3 Å². The lowest BCUT2D eigenvalue weighted by Gasteiger charge is -2.11. The second-order valence-corrected chi connectivity index (χ2v) is 4.22. The van der Waals surface area contributed by atoms with Crippen molar-refractivity contribution in [3.63, 3.8) is 0 Å². The lowest BCUT2D eigenvalue weighted by molar-refractivity contribution is 0.208. The Bertz CT molecular complexity index is 560. The molecular formula is C13H13F3N2O. The Labute approximate surface area is 108 Å². The van der Waals surface area contributed by atoms with Gasteiger partial charge in [0.25, 0.3) is 0 Å². The van der Waals surface area contributed by atoms with Crippen molar-refractivity contribution in [3.05, 3.63) is 53.1 Å². The van der Waals surface area contributed by atoms with Gasteiger partial charge in [0, 0.05) is 30.4 Å². The zero-order valence-electron chi connectivity index (χ0n) is 10.3. The van der Waals surface area contributed by atoms with Crippen LogP contribution in [-0.4, -0.2) is 14.9 Å². The van der Waals surface area contributed by atoms with Crippen LogP contribution in [0.4, 0.5) is 13.2 Å². The molecule has 0 bridgehead atoms. The summed E-state index contributed by atoms with van der Waals surface area (Å²) in [4.78, 5) is 0. The van der Waals surface area contributed by atoms with Crippen molar-refractivity contribution >= 4 is 0 Å². The minimum Gasteiger partial charge on any atom is -0.383 e. The number of aliphatic hydroxyl groups is 1. The molecule has 1 aromatic heterocycles. The van der Waals surface area contributed by atoms with Crippen molar-refractivity contribution in [3.8, 4) is 0 Å². The highest BCUT2D eigenvalue weighted by atomic mass is 19.1. The summed E-state index contributed by atoms with van der Waals surface area (Å²) in [5, 5.41) is 13.9. The van der Waals surface area contributed by atoms with Gasteiger partial charge in [0.05, 0.1) is 11.8 Å². The number of hydrogen-bond acceptors (Lipinski definition) is 2. The molecule has 2 rings (SSSR count). The van der Waals surface area contributed by atoms with Crippen molar-refractivity contribution in [2.75, 3.05) is 0 Å². The number of hydrogen-bond donors (Lipinski definition) is 1. The molecule has 0 aliphatic rings. The van der Waals surface area contributed by atoms with Crippen molar-refractivity contribution in [2.24, 2.45) is 0 Å². The van der Waals surface area contributed by atoms with E-state index in [1.54, 1.807) is 4.68 Å². The van der Waals surface area contributed by atoms with E-state index in [0.717, 1.165) is 6.42 Å². The SMILES string of the molecule is CCCn1cc(C(O)c2c(F)cc(F)cc2F)cn1. The average Bonchev–Trinajstić information content (AvgIpc) is 2.76. The van der Waals surface area contributed by atoms with Gasteiger partial charge < -0.3 is 5.11 Å². The van der Waals surface area contributed by atoms with Crippen molar-refractivity contribution in [2.45, 2.75) is 26.0 Å². The van der Waals surface area contributed by atoms with Gasteiger partial charge in [0.15, 0.2) is 0 Å². The van der Waals surface area contributed by atoms with E-state index in [1.807, 2.05) is 6.92 Å². The van der Waals surface area contributed by atoms with Crippen LogP contribution in [0, 0.1) is 17.5 Å². The second kappa shape index (κ2) is 5.44. The van der Waals surface area contributed by atoms with Gasteiger partial charge in [0.2, 0.25) is 0 Å². The minimum atomic E-state index is -1.51. The Kier molecular flexibility index (Phi) is 3.90. The van der Waals surface area contributed by atoms with E-state index in [4.69, 9.17) is 0 Å². The van der Waals surface area contributed by atoms with Gasteiger partial charge >= 0.3 is 0 Å². The van der Waals surface area contributed by atoms with E-state index in [2.05, 4.69) is 5.10 Å². The molecule has 1 heterocycles. The molecule has 3 nitrogen and oxygen atoms in total. The average molecular weight is 270 g/mol. The normalized spacial score (nSPS) is 12.7. The number of benzene rings is 1. The van der Waals surface area contributed by atoms with Gasteiger partial charge in [0.1, 0.15) is 23.6 Å². The van der Waals surface area contributed by atoms with Gasteiger partial charge in [-0.3, -0.25) is 4.68 Å². The zero-order chi connectivity index (χ0) is 14.0. The number of nitrogens with zero attached hydrogens (tertiary/aromatic N) is 2. The number of halogens is 3. The predicted molar refractivity (Wildman–Crippen MR) is 62.9 cm³/mol. The Morgan fingerprint density at radius 3 is 2.47 bits per heavy atom.